The molecule has 0 saturated heterocycles. The van der Waals surface area contributed by atoms with E-state index >= 15 is 0 Å². The van der Waals surface area contributed by atoms with Crippen molar-refractivity contribution in [3.05, 3.63) is 30.3 Å². The molecule has 1 rings (SSSR count). The van der Waals surface area contributed by atoms with E-state index in [4.69, 9.17) is 15.7 Å². The molecule has 1 aromatic carbocycles. The van der Waals surface area contributed by atoms with Crippen molar-refractivity contribution in [2.75, 3.05) is 5.43 Å². The Labute approximate surface area is 70.0 Å². The van der Waals surface area contributed by atoms with Crippen molar-refractivity contribution in [1.29, 1.82) is 0 Å². The Bertz CT molecular complexity index is 221. The molecule has 1 amide bonds. The van der Waals surface area contributed by atoms with Crippen LogP contribution < -0.4 is 17.0 Å². The molecule has 0 fully saturated rings. The van der Waals surface area contributed by atoms with Crippen LogP contribution in [-0.2, 0) is 0 Å². The molecule has 0 saturated carbocycles. The summed E-state index contributed by atoms with van der Waals surface area (Å²) in [5.74, 6) is 5.10. The lowest BCUT2D eigenvalue weighted by Gasteiger charge is -1.94. The van der Waals surface area contributed by atoms with E-state index in [1.807, 2.05) is 30.3 Å². The molecule has 0 unspecified atom stereocenters. The van der Waals surface area contributed by atoms with E-state index < -0.39 is 6.09 Å². The van der Waals surface area contributed by atoms with Crippen molar-refractivity contribution >= 4 is 11.8 Å². The topological polar surface area (TPSA) is 101 Å². The van der Waals surface area contributed by atoms with Crippen molar-refractivity contribution < 1.29 is 9.90 Å². The fourth-order valence-corrected chi connectivity index (χ4v) is 0.534. The summed E-state index contributed by atoms with van der Waals surface area (Å²) in [6, 6.07) is 9.60. The molecule has 0 aliphatic rings. The Morgan fingerprint density at radius 1 is 1.33 bits per heavy atom. The fraction of sp³-hybridized carbons (Fsp3) is 0. The predicted octanol–water partition coefficient (Wildman–Crippen LogP) is 0.595. The number of rotatable bonds is 1. The largest absolute Gasteiger partial charge is 0.465 e. The second-order valence-corrected chi connectivity index (χ2v) is 1.85. The van der Waals surface area contributed by atoms with Crippen molar-refractivity contribution in [2.45, 2.75) is 0 Å². The minimum absolute atomic E-state index is 0.938. The first-order valence-corrected chi connectivity index (χ1v) is 3.17. The van der Waals surface area contributed by atoms with Gasteiger partial charge >= 0.3 is 6.09 Å². The van der Waals surface area contributed by atoms with Gasteiger partial charge in [-0.15, -0.1) is 0 Å². The van der Waals surface area contributed by atoms with Gasteiger partial charge in [-0.05, 0) is 12.1 Å². The van der Waals surface area contributed by atoms with Crippen LogP contribution in [-0.4, -0.2) is 11.2 Å². The zero-order chi connectivity index (χ0) is 9.40. The molecule has 0 aromatic heterocycles. The van der Waals surface area contributed by atoms with Crippen LogP contribution >= 0.6 is 0 Å². The van der Waals surface area contributed by atoms with Crippen LogP contribution in [0.4, 0.5) is 10.5 Å². The first kappa shape index (κ1) is 10.2. The number of carboxylic acid groups (broad SMARTS) is 1. The van der Waals surface area contributed by atoms with Crippen LogP contribution in [0.25, 0.3) is 0 Å². The first-order valence-electron chi connectivity index (χ1n) is 3.17. The molecule has 0 atom stereocenters. The number of nitrogens with two attached hydrogens (primary N) is 2. The van der Waals surface area contributed by atoms with E-state index in [0.717, 1.165) is 5.69 Å². The van der Waals surface area contributed by atoms with Gasteiger partial charge in [-0.25, -0.2) is 4.79 Å². The molecule has 1 aromatic rings. The number of anilines is 1. The number of hydrazine groups is 1. The number of amides is 1. The smallest absolute Gasteiger partial charge is 0.402 e. The van der Waals surface area contributed by atoms with Gasteiger partial charge in [0.05, 0.1) is 0 Å². The summed E-state index contributed by atoms with van der Waals surface area (Å²) in [6.07, 6.45) is -1.33. The number of nitrogen functional groups attached to an aromatic ring is 1. The lowest BCUT2D eigenvalue weighted by Crippen LogP contribution is -2.05. The first-order chi connectivity index (χ1) is 5.66. The average molecular weight is 169 g/mol. The van der Waals surface area contributed by atoms with Crippen LogP contribution in [0.2, 0.25) is 0 Å². The maximum absolute atomic E-state index is 8.78. The van der Waals surface area contributed by atoms with Gasteiger partial charge < -0.3 is 16.3 Å². The molecule has 5 nitrogen and oxygen atoms in total. The van der Waals surface area contributed by atoms with Gasteiger partial charge in [0, 0.05) is 5.69 Å². The van der Waals surface area contributed by atoms with Crippen molar-refractivity contribution in [3.8, 4) is 0 Å². The van der Waals surface area contributed by atoms with E-state index in [-0.39, 0.29) is 0 Å². The van der Waals surface area contributed by atoms with E-state index in [9.17, 15) is 0 Å². The third-order valence-electron chi connectivity index (χ3n) is 0.940. The highest BCUT2D eigenvalue weighted by molar-refractivity contribution is 5.61. The predicted molar refractivity (Wildman–Crippen MR) is 46.5 cm³/mol. The third kappa shape index (κ3) is 6.37. The summed E-state index contributed by atoms with van der Waals surface area (Å²) in [7, 11) is 0. The molecular weight excluding hydrogens is 158 g/mol. The summed E-state index contributed by atoms with van der Waals surface area (Å²) >= 11 is 0. The van der Waals surface area contributed by atoms with E-state index in [1.54, 1.807) is 0 Å². The zero-order valence-corrected chi connectivity index (χ0v) is 6.40. The molecule has 0 radical (unpaired) electrons. The van der Waals surface area contributed by atoms with Crippen LogP contribution in [0.5, 0.6) is 0 Å². The Morgan fingerprint density at radius 3 is 2.00 bits per heavy atom. The summed E-state index contributed by atoms with van der Waals surface area (Å²) in [4.78, 5) is 8.78. The highest BCUT2D eigenvalue weighted by atomic mass is 16.4. The summed E-state index contributed by atoms with van der Waals surface area (Å²) in [5.41, 5.74) is 7.49. The minimum atomic E-state index is -1.33. The maximum atomic E-state index is 8.78. The monoisotopic (exact) mass is 169 g/mol. The van der Waals surface area contributed by atoms with Gasteiger partial charge in [0.15, 0.2) is 0 Å². The fourth-order valence-electron chi connectivity index (χ4n) is 0.534. The van der Waals surface area contributed by atoms with E-state index in [2.05, 4.69) is 11.2 Å². The molecule has 6 N–H and O–H groups in total. The number of benzene rings is 1. The summed E-state index contributed by atoms with van der Waals surface area (Å²) in [6.45, 7) is 0. The molecule has 5 heteroatoms. The van der Waals surface area contributed by atoms with Crippen molar-refractivity contribution in [1.82, 2.24) is 0 Å². The number of carbonyl (C=O) groups is 1. The van der Waals surface area contributed by atoms with Gasteiger partial charge in [-0.1, -0.05) is 18.2 Å². The highest BCUT2D eigenvalue weighted by Gasteiger charge is 1.78. The SMILES string of the molecule is NC(=O)O.NNc1ccccc1. The number of hydrogen-bond donors (Lipinski definition) is 4. The van der Waals surface area contributed by atoms with Gasteiger partial charge in [0.2, 0.25) is 0 Å². The summed E-state index contributed by atoms with van der Waals surface area (Å²) in [5, 5.41) is 7.19. The maximum Gasteiger partial charge on any atom is 0.402 e. The second-order valence-electron chi connectivity index (χ2n) is 1.85. The van der Waals surface area contributed by atoms with E-state index in [0.29, 0.717) is 0 Å². The van der Waals surface area contributed by atoms with Crippen LogP contribution in [0, 0.1) is 0 Å². The normalized spacial score (nSPS) is 7.75. The Morgan fingerprint density at radius 2 is 1.75 bits per heavy atom. The van der Waals surface area contributed by atoms with Crippen molar-refractivity contribution in [2.24, 2.45) is 11.6 Å². The van der Waals surface area contributed by atoms with Crippen molar-refractivity contribution in [3.63, 3.8) is 0 Å². The quantitative estimate of drug-likeness (QED) is 0.365. The molecule has 0 bridgehead atoms. The Balaban J connectivity index is 0.000000261. The van der Waals surface area contributed by atoms with Gasteiger partial charge in [-0.3, -0.25) is 5.84 Å². The van der Waals surface area contributed by atoms with E-state index in [1.165, 1.54) is 0 Å². The lowest BCUT2D eigenvalue weighted by molar-refractivity contribution is 0.205. The van der Waals surface area contributed by atoms with Crippen LogP contribution in [0.1, 0.15) is 0 Å². The Hall–Kier alpha value is -1.75. The van der Waals surface area contributed by atoms with Crippen LogP contribution in [0.3, 0.4) is 0 Å². The molecule has 0 spiro atoms. The molecule has 0 heterocycles. The minimum Gasteiger partial charge on any atom is -0.465 e. The zero-order valence-electron chi connectivity index (χ0n) is 6.40. The van der Waals surface area contributed by atoms with Gasteiger partial charge in [0.25, 0.3) is 0 Å². The highest BCUT2D eigenvalue weighted by Crippen LogP contribution is 2.00. The number of para-hydroxylation sites is 1. The molecular formula is C7H11N3O2. The van der Waals surface area contributed by atoms with Crippen LogP contribution in [0.15, 0.2) is 30.3 Å². The standard InChI is InChI=1S/C6H8N2.CH3NO2/c7-8-6-4-2-1-3-5-6;2-1(3)4/h1-5,8H,7H2;2H2,(H,3,4). The number of hydrogen-bond acceptors (Lipinski definition) is 3. The van der Waals surface area contributed by atoms with Gasteiger partial charge in [0.1, 0.15) is 0 Å². The lowest BCUT2D eigenvalue weighted by atomic mass is 10.3. The number of primary amides is 1. The molecule has 12 heavy (non-hydrogen) atoms. The number of nitrogens with one attached hydrogen (secondary N) is 1. The van der Waals surface area contributed by atoms with Gasteiger partial charge in [-0.2, -0.15) is 0 Å². The summed E-state index contributed by atoms with van der Waals surface area (Å²) < 4.78 is 0. The third-order valence-corrected chi connectivity index (χ3v) is 0.940. The molecule has 0 aliphatic heterocycles. The average Bonchev–Trinajstić information content (AvgIpc) is 2.05. The molecule has 66 valence electrons. The Kier molecular flexibility index (Phi) is 5.12. The molecule has 0 aliphatic carbocycles. The second kappa shape index (κ2) is 5.99.